The second-order valence-electron chi connectivity index (χ2n) is 6.15. The Kier molecular flexibility index (Phi) is 4.45. The van der Waals surface area contributed by atoms with E-state index in [1.54, 1.807) is 0 Å². The number of nitrogens with two attached hydrogens (primary N) is 1. The molecule has 108 valence electrons. The van der Waals surface area contributed by atoms with Gasteiger partial charge in [-0.3, -0.25) is 9.59 Å². The minimum absolute atomic E-state index is 0.0180. The maximum absolute atomic E-state index is 12.0. The number of rotatable bonds is 6. The summed E-state index contributed by atoms with van der Waals surface area (Å²) in [5.41, 5.74) is 5.81. The molecule has 1 heterocycles. The van der Waals surface area contributed by atoms with Crippen LogP contribution >= 0.6 is 0 Å². The van der Waals surface area contributed by atoms with Gasteiger partial charge in [-0.1, -0.05) is 6.42 Å². The summed E-state index contributed by atoms with van der Waals surface area (Å²) in [5, 5.41) is 3.00. The Labute approximate surface area is 114 Å². The van der Waals surface area contributed by atoms with Crippen LogP contribution in [0.2, 0.25) is 0 Å². The van der Waals surface area contributed by atoms with Gasteiger partial charge >= 0.3 is 0 Å². The Morgan fingerprint density at radius 2 is 2.21 bits per heavy atom. The molecule has 2 rings (SSSR count). The SMILES string of the molecule is CC(CN1CCCC1=O)NC(=O)CC1(CN)CCC1. The third kappa shape index (κ3) is 3.47. The fraction of sp³-hybridized carbons (Fsp3) is 0.857. The van der Waals surface area contributed by atoms with Crippen LogP contribution in [0.1, 0.15) is 45.4 Å². The van der Waals surface area contributed by atoms with E-state index in [1.165, 1.54) is 6.42 Å². The molecule has 5 heteroatoms. The summed E-state index contributed by atoms with van der Waals surface area (Å²) in [6.45, 7) is 4.00. The van der Waals surface area contributed by atoms with E-state index in [9.17, 15) is 9.59 Å². The fourth-order valence-electron chi connectivity index (χ4n) is 3.07. The number of hydrogen-bond donors (Lipinski definition) is 2. The quantitative estimate of drug-likeness (QED) is 0.741. The van der Waals surface area contributed by atoms with Crippen molar-refractivity contribution in [3.63, 3.8) is 0 Å². The average Bonchev–Trinajstić information content (AvgIpc) is 2.69. The smallest absolute Gasteiger partial charge is 0.222 e. The van der Waals surface area contributed by atoms with Crippen LogP contribution in [0.15, 0.2) is 0 Å². The highest BCUT2D eigenvalue weighted by atomic mass is 16.2. The molecule has 0 radical (unpaired) electrons. The highest BCUT2D eigenvalue weighted by Gasteiger charge is 2.37. The van der Waals surface area contributed by atoms with Gasteiger partial charge < -0.3 is 16.0 Å². The van der Waals surface area contributed by atoms with Gasteiger partial charge in [-0.05, 0) is 38.1 Å². The summed E-state index contributed by atoms with van der Waals surface area (Å²) >= 11 is 0. The van der Waals surface area contributed by atoms with Gasteiger partial charge in [-0.2, -0.15) is 0 Å². The van der Waals surface area contributed by atoms with Gasteiger partial charge in [0.2, 0.25) is 11.8 Å². The van der Waals surface area contributed by atoms with Crippen molar-refractivity contribution in [3.8, 4) is 0 Å². The molecule has 1 unspecified atom stereocenters. The predicted molar refractivity (Wildman–Crippen MR) is 73.4 cm³/mol. The third-order valence-corrected chi connectivity index (χ3v) is 4.46. The van der Waals surface area contributed by atoms with Gasteiger partial charge in [0.15, 0.2) is 0 Å². The molecule has 0 aromatic rings. The summed E-state index contributed by atoms with van der Waals surface area (Å²) in [6, 6.07) is 0.0180. The zero-order chi connectivity index (χ0) is 13.9. The van der Waals surface area contributed by atoms with E-state index < -0.39 is 0 Å². The molecule has 19 heavy (non-hydrogen) atoms. The molecule has 2 amide bonds. The van der Waals surface area contributed by atoms with Gasteiger partial charge in [-0.25, -0.2) is 0 Å². The molecule has 2 aliphatic rings. The number of nitrogens with one attached hydrogen (secondary N) is 1. The third-order valence-electron chi connectivity index (χ3n) is 4.46. The van der Waals surface area contributed by atoms with E-state index in [4.69, 9.17) is 5.73 Å². The van der Waals surface area contributed by atoms with Gasteiger partial charge in [0.25, 0.3) is 0 Å². The monoisotopic (exact) mass is 267 g/mol. The number of nitrogens with zero attached hydrogens (tertiary/aromatic N) is 1. The first-order valence-corrected chi connectivity index (χ1v) is 7.32. The first kappa shape index (κ1) is 14.3. The molecule has 0 aromatic heterocycles. The maximum atomic E-state index is 12.0. The van der Waals surface area contributed by atoms with Crippen LogP contribution in [0.4, 0.5) is 0 Å². The number of carbonyl (C=O) groups excluding carboxylic acids is 2. The normalized spacial score (nSPS) is 23.1. The van der Waals surface area contributed by atoms with E-state index in [-0.39, 0.29) is 23.3 Å². The topological polar surface area (TPSA) is 75.4 Å². The van der Waals surface area contributed by atoms with E-state index in [0.717, 1.165) is 25.8 Å². The van der Waals surface area contributed by atoms with E-state index in [0.29, 0.717) is 25.9 Å². The van der Waals surface area contributed by atoms with Crippen LogP contribution in [-0.2, 0) is 9.59 Å². The van der Waals surface area contributed by atoms with Crippen molar-refractivity contribution >= 4 is 11.8 Å². The Balaban J connectivity index is 1.73. The highest BCUT2D eigenvalue weighted by molar-refractivity contribution is 5.79. The zero-order valence-electron chi connectivity index (χ0n) is 11.8. The predicted octanol–water partition coefficient (Wildman–Crippen LogP) is 0.633. The molecular weight excluding hydrogens is 242 g/mol. The molecule has 0 aromatic carbocycles. The number of carbonyl (C=O) groups is 2. The minimum atomic E-state index is 0.0180. The van der Waals surface area contributed by atoms with Crippen molar-refractivity contribution in [1.29, 1.82) is 0 Å². The highest BCUT2D eigenvalue weighted by Crippen LogP contribution is 2.42. The average molecular weight is 267 g/mol. The van der Waals surface area contributed by atoms with Crippen molar-refractivity contribution in [2.24, 2.45) is 11.1 Å². The summed E-state index contributed by atoms with van der Waals surface area (Å²) in [6.07, 6.45) is 5.43. The lowest BCUT2D eigenvalue weighted by molar-refractivity contribution is -0.129. The molecule has 1 aliphatic heterocycles. The Morgan fingerprint density at radius 3 is 2.68 bits per heavy atom. The van der Waals surface area contributed by atoms with Crippen LogP contribution in [-0.4, -0.2) is 42.4 Å². The lowest BCUT2D eigenvalue weighted by Crippen LogP contribution is -2.46. The zero-order valence-corrected chi connectivity index (χ0v) is 11.8. The molecule has 5 nitrogen and oxygen atoms in total. The minimum Gasteiger partial charge on any atom is -0.352 e. The molecule has 0 spiro atoms. The maximum Gasteiger partial charge on any atom is 0.222 e. The van der Waals surface area contributed by atoms with E-state index in [2.05, 4.69) is 5.32 Å². The number of amides is 2. The molecule has 1 saturated heterocycles. The lowest BCUT2D eigenvalue weighted by Gasteiger charge is -2.40. The van der Waals surface area contributed by atoms with E-state index >= 15 is 0 Å². The summed E-state index contributed by atoms with van der Waals surface area (Å²) in [4.78, 5) is 25.4. The summed E-state index contributed by atoms with van der Waals surface area (Å²) < 4.78 is 0. The second-order valence-corrected chi connectivity index (χ2v) is 6.15. The van der Waals surface area contributed by atoms with Crippen molar-refractivity contribution in [1.82, 2.24) is 10.2 Å². The summed E-state index contributed by atoms with van der Waals surface area (Å²) in [5.74, 6) is 0.280. The van der Waals surface area contributed by atoms with Gasteiger partial charge in [0, 0.05) is 32.0 Å². The molecule has 1 saturated carbocycles. The van der Waals surface area contributed by atoms with E-state index in [1.807, 2.05) is 11.8 Å². The molecular formula is C14H25N3O2. The van der Waals surface area contributed by atoms with Crippen LogP contribution < -0.4 is 11.1 Å². The largest absolute Gasteiger partial charge is 0.352 e. The van der Waals surface area contributed by atoms with Crippen LogP contribution in [0, 0.1) is 5.41 Å². The van der Waals surface area contributed by atoms with Gasteiger partial charge in [0.05, 0.1) is 0 Å². The molecule has 0 bridgehead atoms. The van der Waals surface area contributed by atoms with Crippen molar-refractivity contribution in [3.05, 3.63) is 0 Å². The standard InChI is InChI=1S/C14H25N3O2/c1-11(9-17-7-2-4-13(17)19)16-12(18)8-14(10-15)5-3-6-14/h11H,2-10,15H2,1H3,(H,16,18). The Hall–Kier alpha value is -1.10. The number of hydrogen-bond acceptors (Lipinski definition) is 3. The Morgan fingerprint density at radius 1 is 1.47 bits per heavy atom. The fourth-order valence-corrected chi connectivity index (χ4v) is 3.07. The Bertz CT molecular complexity index is 347. The van der Waals surface area contributed by atoms with Gasteiger partial charge in [0.1, 0.15) is 0 Å². The van der Waals surface area contributed by atoms with Crippen LogP contribution in [0.25, 0.3) is 0 Å². The number of likely N-dealkylation sites (tertiary alicyclic amines) is 1. The van der Waals surface area contributed by atoms with Crippen molar-refractivity contribution in [2.75, 3.05) is 19.6 Å². The van der Waals surface area contributed by atoms with Crippen LogP contribution in [0.5, 0.6) is 0 Å². The van der Waals surface area contributed by atoms with Crippen LogP contribution in [0.3, 0.4) is 0 Å². The molecule has 3 N–H and O–H groups in total. The molecule has 2 fully saturated rings. The first-order chi connectivity index (χ1) is 9.04. The molecule has 1 aliphatic carbocycles. The van der Waals surface area contributed by atoms with Crippen molar-refractivity contribution in [2.45, 2.75) is 51.5 Å². The first-order valence-electron chi connectivity index (χ1n) is 7.32. The molecule has 1 atom stereocenters. The second kappa shape index (κ2) is 5.90. The summed E-state index contributed by atoms with van der Waals surface area (Å²) in [7, 11) is 0. The van der Waals surface area contributed by atoms with Crippen molar-refractivity contribution < 1.29 is 9.59 Å². The van der Waals surface area contributed by atoms with Gasteiger partial charge in [-0.15, -0.1) is 0 Å². The lowest BCUT2D eigenvalue weighted by atomic mass is 9.66.